The first-order valence-electron chi connectivity index (χ1n) is 3.27. The van der Waals surface area contributed by atoms with Crippen LogP contribution in [0.1, 0.15) is 19.8 Å². The van der Waals surface area contributed by atoms with Crippen molar-refractivity contribution in [3.05, 3.63) is 4.91 Å². The van der Waals surface area contributed by atoms with Crippen molar-refractivity contribution in [2.75, 3.05) is 6.54 Å². The molecular weight excluding hydrogens is 132 g/mol. The number of carbonyl (C=O) groups excluding carboxylic acids is 1. The molecule has 0 saturated carbocycles. The van der Waals surface area contributed by atoms with Gasteiger partial charge in [0, 0.05) is 5.92 Å². The van der Waals surface area contributed by atoms with E-state index in [0.717, 1.165) is 0 Å². The van der Waals surface area contributed by atoms with E-state index in [-0.39, 0.29) is 18.4 Å². The second-order valence-electron chi connectivity index (χ2n) is 2.30. The van der Waals surface area contributed by atoms with Crippen LogP contribution in [0.5, 0.6) is 0 Å². The van der Waals surface area contributed by atoms with Gasteiger partial charge in [-0.2, -0.15) is 4.91 Å². The third kappa shape index (κ3) is 4.00. The summed E-state index contributed by atoms with van der Waals surface area (Å²) in [4.78, 5) is 20.0. The molecule has 58 valence electrons. The number of hydrogen-bond donors (Lipinski definition) is 1. The van der Waals surface area contributed by atoms with Crippen molar-refractivity contribution in [1.29, 1.82) is 0 Å². The van der Waals surface area contributed by atoms with Crippen molar-refractivity contribution < 1.29 is 4.79 Å². The van der Waals surface area contributed by atoms with Gasteiger partial charge in [0.05, 0.1) is 6.54 Å². The van der Waals surface area contributed by atoms with Gasteiger partial charge in [0.2, 0.25) is 5.91 Å². The molecule has 0 aliphatic heterocycles. The second kappa shape index (κ2) is 4.90. The fourth-order valence-electron chi connectivity index (χ4n) is 0.604. The zero-order chi connectivity index (χ0) is 7.98. The summed E-state index contributed by atoms with van der Waals surface area (Å²) < 4.78 is 0. The number of amides is 1. The van der Waals surface area contributed by atoms with Crippen LogP contribution in [0.4, 0.5) is 0 Å². The van der Waals surface area contributed by atoms with Gasteiger partial charge < -0.3 is 5.73 Å². The van der Waals surface area contributed by atoms with Crippen molar-refractivity contribution in [3.63, 3.8) is 0 Å². The summed E-state index contributed by atoms with van der Waals surface area (Å²) >= 11 is 0. The molecule has 1 atom stereocenters. The maximum Gasteiger partial charge on any atom is 0.220 e. The van der Waals surface area contributed by atoms with E-state index in [1.54, 1.807) is 6.92 Å². The van der Waals surface area contributed by atoms with Crippen LogP contribution >= 0.6 is 0 Å². The molecule has 10 heavy (non-hydrogen) atoms. The van der Waals surface area contributed by atoms with E-state index >= 15 is 0 Å². The number of nitrogens with zero attached hydrogens (tertiary/aromatic N) is 1. The van der Waals surface area contributed by atoms with E-state index < -0.39 is 0 Å². The Morgan fingerprint density at radius 3 is 2.70 bits per heavy atom. The molecule has 0 rings (SSSR count). The molecule has 1 unspecified atom stereocenters. The van der Waals surface area contributed by atoms with Crippen LogP contribution < -0.4 is 5.73 Å². The van der Waals surface area contributed by atoms with Crippen molar-refractivity contribution in [2.45, 2.75) is 19.8 Å². The molecule has 0 saturated heterocycles. The molecule has 2 N–H and O–H groups in total. The van der Waals surface area contributed by atoms with E-state index in [4.69, 9.17) is 5.73 Å². The first-order chi connectivity index (χ1) is 4.68. The van der Waals surface area contributed by atoms with Gasteiger partial charge in [-0.25, -0.2) is 0 Å². The lowest BCUT2D eigenvalue weighted by Gasteiger charge is -2.02. The van der Waals surface area contributed by atoms with Crippen LogP contribution in [0, 0.1) is 10.8 Å². The fraction of sp³-hybridized carbons (Fsp3) is 0.833. The summed E-state index contributed by atoms with van der Waals surface area (Å²) in [5.41, 5.74) is 4.97. The Bertz CT molecular complexity index is 125. The first-order valence-corrected chi connectivity index (χ1v) is 3.27. The van der Waals surface area contributed by atoms with Gasteiger partial charge in [-0.1, -0.05) is 12.1 Å². The van der Waals surface area contributed by atoms with Gasteiger partial charge >= 0.3 is 0 Å². The van der Waals surface area contributed by atoms with Crippen molar-refractivity contribution in [2.24, 2.45) is 16.8 Å². The fourth-order valence-corrected chi connectivity index (χ4v) is 0.604. The molecule has 0 spiro atoms. The number of primary amides is 1. The highest BCUT2D eigenvalue weighted by atomic mass is 16.3. The minimum atomic E-state index is -0.314. The molecule has 0 fully saturated rings. The molecule has 0 radical (unpaired) electrons. The number of nitrogens with two attached hydrogens (primary N) is 1. The van der Waals surface area contributed by atoms with E-state index in [1.807, 2.05) is 0 Å². The average Bonchev–Trinajstić information content (AvgIpc) is 1.88. The predicted molar refractivity (Wildman–Crippen MR) is 38.3 cm³/mol. The second-order valence-corrected chi connectivity index (χ2v) is 2.30. The SMILES string of the molecule is CC(CCCN=O)C(N)=O. The lowest BCUT2D eigenvalue weighted by Crippen LogP contribution is -2.20. The Labute approximate surface area is 59.8 Å². The Balaban J connectivity index is 3.30. The number of carbonyl (C=O) groups is 1. The molecule has 1 amide bonds. The number of rotatable bonds is 5. The van der Waals surface area contributed by atoms with E-state index in [0.29, 0.717) is 12.8 Å². The van der Waals surface area contributed by atoms with Gasteiger partial charge in [-0.15, -0.1) is 0 Å². The van der Waals surface area contributed by atoms with Crippen molar-refractivity contribution in [3.8, 4) is 0 Å². The molecule has 0 heterocycles. The van der Waals surface area contributed by atoms with Crippen LogP contribution in [0.15, 0.2) is 5.18 Å². The maximum atomic E-state index is 10.4. The first kappa shape index (κ1) is 9.07. The Morgan fingerprint density at radius 1 is 1.70 bits per heavy atom. The number of hydrogen-bond acceptors (Lipinski definition) is 3. The Kier molecular flexibility index (Phi) is 4.45. The van der Waals surface area contributed by atoms with Crippen LogP contribution in [0.3, 0.4) is 0 Å². The summed E-state index contributed by atoms with van der Waals surface area (Å²) in [5.74, 6) is -0.451. The van der Waals surface area contributed by atoms with Crippen LogP contribution in [0.25, 0.3) is 0 Å². The smallest absolute Gasteiger partial charge is 0.220 e. The van der Waals surface area contributed by atoms with E-state index in [1.165, 1.54) is 0 Å². The summed E-state index contributed by atoms with van der Waals surface area (Å²) in [6, 6.07) is 0. The van der Waals surface area contributed by atoms with E-state index in [9.17, 15) is 9.70 Å². The standard InChI is InChI=1S/C6H12N2O2/c1-5(6(7)9)3-2-4-8-10/h5H,2-4H2,1H3,(H2,7,9). The highest BCUT2D eigenvalue weighted by Crippen LogP contribution is 2.03. The monoisotopic (exact) mass is 144 g/mol. The van der Waals surface area contributed by atoms with Crippen LogP contribution in [-0.4, -0.2) is 12.5 Å². The molecule has 0 aromatic rings. The summed E-state index contributed by atoms with van der Waals surface area (Å²) in [6.45, 7) is 2.02. The van der Waals surface area contributed by atoms with Crippen molar-refractivity contribution >= 4 is 5.91 Å². The Hall–Kier alpha value is -0.930. The summed E-state index contributed by atoms with van der Waals surface area (Å²) in [6.07, 6.45) is 1.30. The molecule has 0 aliphatic rings. The lowest BCUT2D eigenvalue weighted by molar-refractivity contribution is -0.121. The summed E-state index contributed by atoms with van der Waals surface area (Å²) in [5, 5.41) is 2.66. The van der Waals surface area contributed by atoms with Gasteiger partial charge in [-0.3, -0.25) is 4.79 Å². The zero-order valence-corrected chi connectivity index (χ0v) is 6.04. The highest BCUT2D eigenvalue weighted by Gasteiger charge is 2.06. The average molecular weight is 144 g/mol. The molecule has 0 aromatic carbocycles. The van der Waals surface area contributed by atoms with Gasteiger partial charge in [0.1, 0.15) is 0 Å². The molecule has 0 aliphatic carbocycles. The lowest BCUT2D eigenvalue weighted by atomic mass is 10.1. The minimum Gasteiger partial charge on any atom is -0.369 e. The van der Waals surface area contributed by atoms with Gasteiger partial charge in [0.25, 0.3) is 0 Å². The summed E-state index contributed by atoms with van der Waals surface area (Å²) in [7, 11) is 0. The molecule has 4 heteroatoms. The third-order valence-corrected chi connectivity index (χ3v) is 1.37. The Morgan fingerprint density at radius 2 is 2.30 bits per heavy atom. The normalized spacial score (nSPS) is 12.5. The van der Waals surface area contributed by atoms with Gasteiger partial charge in [-0.05, 0) is 12.8 Å². The predicted octanol–water partition coefficient (Wildman–Crippen LogP) is 0.654. The van der Waals surface area contributed by atoms with Gasteiger partial charge in [0.15, 0.2) is 0 Å². The maximum absolute atomic E-state index is 10.4. The molecule has 0 aromatic heterocycles. The zero-order valence-electron chi connectivity index (χ0n) is 6.04. The largest absolute Gasteiger partial charge is 0.369 e. The van der Waals surface area contributed by atoms with E-state index in [2.05, 4.69) is 5.18 Å². The number of nitroso groups, excluding NO2 is 1. The molecule has 0 bridgehead atoms. The van der Waals surface area contributed by atoms with Crippen LogP contribution in [0.2, 0.25) is 0 Å². The topological polar surface area (TPSA) is 72.5 Å². The van der Waals surface area contributed by atoms with Crippen LogP contribution in [-0.2, 0) is 4.79 Å². The third-order valence-electron chi connectivity index (χ3n) is 1.37. The minimum absolute atomic E-state index is 0.137. The quantitative estimate of drug-likeness (QED) is 0.454. The van der Waals surface area contributed by atoms with Crippen molar-refractivity contribution in [1.82, 2.24) is 0 Å². The highest BCUT2D eigenvalue weighted by molar-refractivity contribution is 5.76. The molecular formula is C6H12N2O2. The molecule has 4 nitrogen and oxygen atoms in total.